The lowest BCUT2D eigenvalue weighted by molar-refractivity contribution is 0.191. The van der Waals surface area contributed by atoms with Gasteiger partial charge in [-0.1, -0.05) is 0 Å². The van der Waals surface area contributed by atoms with Crippen LogP contribution in [0.5, 0.6) is 0 Å². The van der Waals surface area contributed by atoms with Crippen LogP contribution in [0.4, 0.5) is 21.6 Å². The summed E-state index contributed by atoms with van der Waals surface area (Å²) in [5, 5.41) is 0. The van der Waals surface area contributed by atoms with Crippen molar-refractivity contribution >= 4 is 37.7 Å². The van der Waals surface area contributed by atoms with E-state index in [1.807, 2.05) is 0 Å². The van der Waals surface area contributed by atoms with Crippen LogP contribution in [0.3, 0.4) is 0 Å². The van der Waals surface area contributed by atoms with Crippen LogP contribution in [0.2, 0.25) is 0 Å². The molecule has 0 aromatic heterocycles. The van der Waals surface area contributed by atoms with Gasteiger partial charge in [0.05, 0.1) is 0 Å². The smallest absolute Gasteiger partial charge is 0.331 e. The molecule has 0 atom stereocenters. The topological polar surface area (TPSA) is 254 Å². The lowest BCUT2D eigenvalue weighted by atomic mass is 10.7. The van der Waals surface area contributed by atoms with Crippen LogP contribution in [0.25, 0.3) is 0 Å². The highest BCUT2D eigenvalue weighted by Gasteiger charge is 2.06. The van der Waals surface area contributed by atoms with E-state index in [0.29, 0.717) is 0 Å². The van der Waals surface area contributed by atoms with Crippen molar-refractivity contribution in [2.24, 2.45) is 0 Å². The summed E-state index contributed by atoms with van der Waals surface area (Å²) in [7, 11) is -13.7. The molecule has 0 heterocycles. The standard InChI is InChI=1S/C5H12N2O.4FH2O3P/c1-6(2)5(8)7(3)4;4*1-5(2,3)4/h1-4H3;4*(H2,2,3,4). The van der Waals surface area contributed by atoms with Gasteiger partial charge in [-0.05, 0) is 0 Å². The molecular weight excluding hydrogens is 496 g/mol. The Kier molecular flexibility index (Phi) is 22.4. The zero-order chi connectivity index (χ0) is 24.7. The third kappa shape index (κ3) is 269. The van der Waals surface area contributed by atoms with Gasteiger partial charge in [-0.25, -0.2) is 23.1 Å². The second kappa shape index (κ2) is 16.4. The average Bonchev–Trinajstić information content (AvgIpc) is 2.17. The van der Waals surface area contributed by atoms with Gasteiger partial charge in [-0.15, -0.1) is 16.8 Å². The molecule has 0 spiro atoms. The molecule has 0 radical (unpaired) electrons. The molecule has 15 nitrogen and oxygen atoms in total. The van der Waals surface area contributed by atoms with Gasteiger partial charge < -0.3 is 9.80 Å². The van der Waals surface area contributed by atoms with Gasteiger partial charge in [0, 0.05) is 28.2 Å². The Balaban J connectivity index is -0.0000000802. The number of rotatable bonds is 0. The maximum absolute atomic E-state index is 10.7. The first-order valence-electron chi connectivity index (χ1n) is 5.45. The van der Waals surface area contributed by atoms with Crippen LogP contribution < -0.4 is 0 Å². The fourth-order valence-electron chi connectivity index (χ4n) is 0.400. The molecule has 0 rings (SSSR count). The highest BCUT2D eigenvalue weighted by atomic mass is 31.2. The van der Waals surface area contributed by atoms with Gasteiger partial charge in [0.15, 0.2) is 0 Å². The van der Waals surface area contributed by atoms with E-state index in [-0.39, 0.29) is 6.03 Å². The van der Waals surface area contributed by atoms with E-state index < -0.39 is 31.6 Å². The summed E-state index contributed by atoms with van der Waals surface area (Å²) in [6.07, 6.45) is 0. The van der Waals surface area contributed by atoms with Crippen LogP contribution in [-0.4, -0.2) is 83.2 Å². The summed E-state index contributed by atoms with van der Waals surface area (Å²) < 4.78 is 76.1. The predicted molar refractivity (Wildman–Crippen MR) is 85.4 cm³/mol. The summed E-state index contributed by atoms with van der Waals surface area (Å²) in [4.78, 5) is 69.5. The molecule has 0 bridgehead atoms. The van der Waals surface area contributed by atoms with E-state index in [1.165, 1.54) is 9.80 Å². The van der Waals surface area contributed by atoms with E-state index in [1.54, 1.807) is 28.2 Å². The Bertz CT molecular complexity index is 471. The van der Waals surface area contributed by atoms with Gasteiger partial charge in [-0.3, -0.25) is 39.1 Å². The number of carbonyl (C=O) groups is 1. The SMILES string of the molecule is CN(C)C(=O)N(C)C.O=P(O)(O)F.O=P(O)(O)F.O=P(O)(O)F.O=P(O)(O)F. The van der Waals surface area contributed by atoms with Crippen molar-refractivity contribution in [2.75, 3.05) is 28.2 Å². The number of halogens is 4. The van der Waals surface area contributed by atoms with E-state index in [2.05, 4.69) is 0 Å². The molecule has 0 aromatic rings. The highest BCUT2D eigenvalue weighted by molar-refractivity contribution is 7.46. The van der Waals surface area contributed by atoms with Gasteiger partial charge in [0.1, 0.15) is 0 Å². The van der Waals surface area contributed by atoms with Crippen molar-refractivity contribution in [3.8, 4) is 0 Å². The van der Waals surface area contributed by atoms with Gasteiger partial charge in [0.25, 0.3) is 0 Å². The number of urea groups is 1. The molecular formula is C5H20F4N2O13P4. The molecule has 28 heavy (non-hydrogen) atoms. The zero-order valence-electron chi connectivity index (χ0n) is 14.3. The first-order chi connectivity index (χ1) is 11.6. The number of carbonyl (C=O) groups excluding carboxylic acids is 1. The van der Waals surface area contributed by atoms with Crippen LogP contribution in [0.15, 0.2) is 0 Å². The summed E-state index contributed by atoms with van der Waals surface area (Å²) in [6.45, 7) is 0. The first-order valence-corrected chi connectivity index (χ1v) is 11.5. The summed E-state index contributed by atoms with van der Waals surface area (Å²) >= 11 is 0. The predicted octanol–water partition coefficient (Wildman–Crippen LogP) is 0.424. The molecule has 0 saturated heterocycles. The summed E-state index contributed by atoms with van der Waals surface area (Å²) in [5.74, 6) is 0. The van der Waals surface area contributed by atoms with Crippen molar-refractivity contribution in [1.29, 1.82) is 0 Å². The second-order valence-electron chi connectivity index (χ2n) is 3.96. The lowest BCUT2D eigenvalue weighted by Gasteiger charge is -2.16. The number of hydrogen-bond acceptors (Lipinski definition) is 5. The molecule has 0 aliphatic rings. The Morgan fingerprint density at radius 1 is 0.536 bits per heavy atom. The average molecular weight is 516 g/mol. The lowest BCUT2D eigenvalue weighted by Crippen LogP contribution is -2.33. The van der Waals surface area contributed by atoms with Crippen molar-refractivity contribution in [3.63, 3.8) is 0 Å². The van der Waals surface area contributed by atoms with Crippen LogP contribution in [0, 0.1) is 0 Å². The first kappa shape index (κ1) is 38.2. The Morgan fingerprint density at radius 3 is 0.607 bits per heavy atom. The van der Waals surface area contributed by atoms with Crippen molar-refractivity contribution < 1.29 is 79.0 Å². The number of nitrogens with zero attached hydrogens (tertiary/aromatic N) is 2. The maximum atomic E-state index is 10.7. The molecule has 176 valence electrons. The number of amides is 2. The third-order valence-corrected chi connectivity index (χ3v) is 0.765. The third-order valence-electron chi connectivity index (χ3n) is 0.765. The van der Waals surface area contributed by atoms with Crippen LogP contribution in [-0.2, 0) is 18.3 Å². The van der Waals surface area contributed by atoms with Crippen molar-refractivity contribution in [2.45, 2.75) is 0 Å². The van der Waals surface area contributed by atoms with Crippen molar-refractivity contribution in [1.82, 2.24) is 9.80 Å². The molecule has 0 saturated carbocycles. The molecule has 8 N–H and O–H groups in total. The van der Waals surface area contributed by atoms with Crippen LogP contribution >= 0.6 is 31.6 Å². The fourth-order valence-corrected chi connectivity index (χ4v) is 0.400. The maximum Gasteiger partial charge on any atom is 0.507 e. The summed E-state index contributed by atoms with van der Waals surface area (Å²) in [5.41, 5.74) is 0. The quantitative estimate of drug-likeness (QED) is 0.161. The Hall–Kier alpha value is -0.410. The second-order valence-corrected chi connectivity index (χ2v) is 7.75. The molecule has 0 unspecified atom stereocenters. The number of hydrogen-bond donors (Lipinski definition) is 8. The van der Waals surface area contributed by atoms with E-state index in [9.17, 15) is 21.6 Å². The van der Waals surface area contributed by atoms with Crippen molar-refractivity contribution in [3.05, 3.63) is 0 Å². The normalized spacial score (nSPS) is 10.9. The highest BCUT2D eigenvalue weighted by Crippen LogP contribution is 2.36. The van der Waals surface area contributed by atoms with Crippen LogP contribution in [0.1, 0.15) is 0 Å². The Morgan fingerprint density at radius 2 is 0.607 bits per heavy atom. The largest absolute Gasteiger partial charge is 0.507 e. The molecule has 0 aromatic carbocycles. The van der Waals surface area contributed by atoms with E-state index >= 15 is 0 Å². The van der Waals surface area contributed by atoms with E-state index in [4.69, 9.17) is 57.4 Å². The summed E-state index contributed by atoms with van der Waals surface area (Å²) in [6, 6.07) is 0.0185. The van der Waals surface area contributed by atoms with Gasteiger partial charge >= 0.3 is 37.7 Å². The van der Waals surface area contributed by atoms with Gasteiger partial charge in [0.2, 0.25) is 0 Å². The minimum atomic E-state index is -5.14. The monoisotopic (exact) mass is 516 g/mol. The molecule has 0 fully saturated rings. The zero-order valence-corrected chi connectivity index (χ0v) is 17.9. The molecule has 23 heteroatoms. The minimum Gasteiger partial charge on any atom is -0.331 e. The molecule has 0 aliphatic carbocycles. The van der Waals surface area contributed by atoms with E-state index in [0.717, 1.165) is 0 Å². The fraction of sp³-hybridized carbons (Fsp3) is 0.800. The minimum absolute atomic E-state index is 0.0185. The molecule has 2 amide bonds. The Labute approximate surface area is 155 Å². The molecule has 0 aliphatic heterocycles. The van der Waals surface area contributed by atoms with Gasteiger partial charge in [-0.2, -0.15) is 0 Å².